The number of hydrogen-bond donors (Lipinski definition) is 0. The highest BCUT2D eigenvalue weighted by Gasteiger charge is 2.15. The van der Waals surface area contributed by atoms with E-state index in [1.54, 1.807) is 16.2 Å². The number of hydrogen-bond acceptors (Lipinski definition) is 3. The highest BCUT2D eigenvalue weighted by Crippen LogP contribution is 2.22. The maximum atomic E-state index is 12.5. The van der Waals surface area contributed by atoms with Gasteiger partial charge in [-0.3, -0.25) is 9.69 Å². The minimum atomic E-state index is 0.137. The van der Waals surface area contributed by atoms with Crippen molar-refractivity contribution < 1.29 is 4.79 Å². The molecule has 0 bridgehead atoms. The Morgan fingerprint density at radius 3 is 2.52 bits per heavy atom. The number of carbonyl (C=O) groups excluding carboxylic acids is 1. The molecule has 1 aromatic carbocycles. The van der Waals surface area contributed by atoms with E-state index in [4.69, 9.17) is 11.6 Å². The third-order valence-electron chi connectivity index (χ3n) is 3.91. The molecule has 23 heavy (non-hydrogen) atoms. The second-order valence-corrected chi connectivity index (χ2v) is 7.49. The summed E-state index contributed by atoms with van der Waals surface area (Å²) in [6.45, 7) is 6.82. The molecule has 0 spiro atoms. The van der Waals surface area contributed by atoms with Gasteiger partial charge in [0.2, 0.25) is 5.91 Å². The van der Waals surface area contributed by atoms with Crippen molar-refractivity contribution in [3.05, 3.63) is 56.7 Å². The van der Waals surface area contributed by atoms with Crippen LogP contribution in [0.15, 0.2) is 36.4 Å². The number of rotatable bonds is 7. The minimum Gasteiger partial charge on any atom is -0.340 e. The molecule has 124 valence electrons. The van der Waals surface area contributed by atoms with Crippen LogP contribution in [0.1, 0.15) is 22.9 Å². The summed E-state index contributed by atoms with van der Waals surface area (Å²) in [5.41, 5.74) is 2.41. The van der Waals surface area contributed by atoms with E-state index in [9.17, 15) is 4.79 Å². The number of carbonyl (C=O) groups is 1. The lowest BCUT2D eigenvalue weighted by molar-refractivity contribution is -0.131. The third kappa shape index (κ3) is 5.34. The fraction of sp³-hybridized carbons (Fsp3) is 0.389. The van der Waals surface area contributed by atoms with Crippen molar-refractivity contribution >= 4 is 28.8 Å². The van der Waals surface area contributed by atoms with E-state index >= 15 is 0 Å². The maximum Gasteiger partial charge on any atom is 0.236 e. The van der Waals surface area contributed by atoms with Gasteiger partial charge < -0.3 is 4.90 Å². The Labute approximate surface area is 147 Å². The van der Waals surface area contributed by atoms with Crippen LogP contribution < -0.4 is 0 Å². The maximum absolute atomic E-state index is 12.5. The van der Waals surface area contributed by atoms with Gasteiger partial charge in [0.05, 0.1) is 10.9 Å². The van der Waals surface area contributed by atoms with Crippen LogP contribution in [-0.4, -0.2) is 35.8 Å². The molecule has 2 rings (SSSR count). The van der Waals surface area contributed by atoms with Gasteiger partial charge in [-0.05, 0) is 36.7 Å². The fourth-order valence-corrected chi connectivity index (χ4v) is 3.51. The second-order valence-electron chi connectivity index (χ2n) is 5.69. The van der Waals surface area contributed by atoms with Crippen LogP contribution in [-0.2, 0) is 17.9 Å². The first kappa shape index (κ1) is 18.0. The Hall–Kier alpha value is -1.36. The summed E-state index contributed by atoms with van der Waals surface area (Å²) in [6.07, 6.45) is 0. The van der Waals surface area contributed by atoms with Crippen LogP contribution in [0.3, 0.4) is 0 Å². The van der Waals surface area contributed by atoms with Crippen molar-refractivity contribution in [2.45, 2.75) is 26.9 Å². The number of benzene rings is 1. The molecule has 0 aliphatic rings. The van der Waals surface area contributed by atoms with Crippen LogP contribution in [0.25, 0.3) is 0 Å². The third-order valence-corrected chi connectivity index (χ3v) is 5.12. The smallest absolute Gasteiger partial charge is 0.236 e. The molecular weight excluding hydrogens is 328 g/mol. The molecule has 0 N–H and O–H groups in total. The predicted octanol–water partition coefficient (Wildman–Crippen LogP) is 4.19. The monoisotopic (exact) mass is 350 g/mol. The molecule has 0 fully saturated rings. The minimum absolute atomic E-state index is 0.137. The lowest BCUT2D eigenvalue weighted by Crippen LogP contribution is -2.37. The number of thiophene rings is 1. The molecular formula is C18H23ClN2OS. The first-order valence-corrected chi connectivity index (χ1v) is 8.94. The van der Waals surface area contributed by atoms with Crippen LogP contribution in [0.4, 0.5) is 0 Å². The molecule has 0 aliphatic carbocycles. The number of likely N-dealkylation sites (N-methyl/N-ethyl adjacent to an activating group) is 2. The Balaban J connectivity index is 1.92. The highest BCUT2D eigenvalue weighted by molar-refractivity contribution is 7.16. The fourth-order valence-electron chi connectivity index (χ4n) is 2.38. The van der Waals surface area contributed by atoms with Crippen LogP contribution in [0.2, 0.25) is 4.34 Å². The number of amides is 1. The molecule has 5 heteroatoms. The van der Waals surface area contributed by atoms with Crippen molar-refractivity contribution in [3.8, 4) is 0 Å². The van der Waals surface area contributed by atoms with Crippen LogP contribution in [0.5, 0.6) is 0 Å². The summed E-state index contributed by atoms with van der Waals surface area (Å²) in [4.78, 5) is 17.6. The topological polar surface area (TPSA) is 23.6 Å². The Morgan fingerprint density at radius 1 is 1.17 bits per heavy atom. The number of nitrogens with zero attached hydrogens (tertiary/aromatic N) is 2. The van der Waals surface area contributed by atoms with Gasteiger partial charge in [-0.2, -0.15) is 0 Å². The van der Waals surface area contributed by atoms with E-state index in [0.29, 0.717) is 13.1 Å². The zero-order valence-corrected chi connectivity index (χ0v) is 15.5. The summed E-state index contributed by atoms with van der Waals surface area (Å²) in [5, 5.41) is 0. The predicted molar refractivity (Wildman–Crippen MR) is 97.9 cm³/mol. The molecule has 1 heterocycles. The van der Waals surface area contributed by atoms with Gasteiger partial charge in [0, 0.05) is 25.0 Å². The molecule has 0 radical (unpaired) electrons. The lowest BCUT2D eigenvalue weighted by Gasteiger charge is -2.24. The molecule has 0 saturated carbocycles. The standard InChI is InChI=1S/C18H23ClN2OS/c1-4-21(12-16-9-10-17(19)23-16)13-18(22)20(3)11-15-8-6-5-7-14(15)2/h5-10H,4,11-13H2,1-3H3. The van der Waals surface area contributed by atoms with E-state index in [-0.39, 0.29) is 5.91 Å². The number of aryl methyl sites for hydroxylation is 1. The Kier molecular flexibility index (Phi) is 6.63. The molecule has 1 aromatic heterocycles. The van der Waals surface area contributed by atoms with Crippen molar-refractivity contribution in [3.63, 3.8) is 0 Å². The summed E-state index contributed by atoms with van der Waals surface area (Å²) in [6, 6.07) is 12.1. The van der Waals surface area contributed by atoms with Crippen LogP contribution >= 0.6 is 22.9 Å². The molecule has 2 aromatic rings. The average Bonchev–Trinajstić information content (AvgIpc) is 2.93. The van der Waals surface area contributed by atoms with Gasteiger partial charge in [-0.1, -0.05) is 42.8 Å². The van der Waals surface area contributed by atoms with Crippen molar-refractivity contribution in [1.29, 1.82) is 0 Å². The van der Waals surface area contributed by atoms with Gasteiger partial charge in [0.15, 0.2) is 0 Å². The normalized spacial score (nSPS) is 11.0. The quantitative estimate of drug-likeness (QED) is 0.747. The van der Waals surface area contributed by atoms with Gasteiger partial charge in [-0.25, -0.2) is 0 Å². The molecule has 1 amide bonds. The SMILES string of the molecule is CCN(CC(=O)N(C)Cc1ccccc1C)Cc1ccc(Cl)s1. The van der Waals surface area contributed by atoms with Crippen molar-refractivity contribution in [2.24, 2.45) is 0 Å². The van der Waals surface area contributed by atoms with Crippen molar-refractivity contribution in [2.75, 3.05) is 20.1 Å². The summed E-state index contributed by atoms with van der Waals surface area (Å²) in [7, 11) is 1.87. The zero-order valence-electron chi connectivity index (χ0n) is 13.9. The van der Waals surface area contributed by atoms with Gasteiger partial charge in [0.1, 0.15) is 0 Å². The number of halogens is 1. The van der Waals surface area contributed by atoms with Crippen molar-refractivity contribution in [1.82, 2.24) is 9.80 Å². The Morgan fingerprint density at radius 2 is 1.91 bits per heavy atom. The largest absolute Gasteiger partial charge is 0.340 e. The van der Waals surface area contributed by atoms with Crippen LogP contribution in [0, 0.1) is 6.92 Å². The molecule has 0 saturated heterocycles. The van der Waals surface area contributed by atoms with E-state index in [1.165, 1.54) is 16.0 Å². The zero-order chi connectivity index (χ0) is 16.8. The summed E-state index contributed by atoms with van der Waals surface area (Å²) in [5.74, 6) is 0.137. The lowest BCUT2D eigenvalue weighted by atomic mass is 10.1. The first-order chi connectivity index (χ1) is 11.0. The summed E-state index contributed by atoms with van der Waals surface area (Å²) >= 11 is 7.54. The van der Waals surface area contributed by atoms with Gasteiger partial charge >= 0.3 is 0 Å². The van der Waals surface area contributed by atoms with Gasteiger partial charge in [0.25, 0.3) is 0 Å². The molecule has 0 atom stereocenters. The first-order valence-electron chi connectivity index (χ1n) is 7.74. The molecule has 0 aliphatic heterocycles. The average molecular weight is 351 g/mol. The second kappa shape index (κ2) is 8.48. The Bertz CT molecular complexity index is 656. The van der Waals surface area contributed by atoms with E-state index < -0.39 is 0 Å². The van der Waals surface area contributed by atoms with E-state index in [1.807, 2.05) is 31.3 Å². The molecule has 3 nitrogen and oxygen atoms in total. The van der Waals surface area contributed by atoms with E-state index in [2.05, 4.69) is 30.9 Å². The summed E-state index contributed by atoms with van der Waals surface area (Å²) < 4.78 is 0.791. The molecule has 0 unspecified atom stereocenters. The highest BCUT2D eigenvalue weighted by atomic mass is 35.5. The van der Waals surface area contributed by atoms with Gasteiger partial charge in [-0.15, -0.1) is 11.3 Å². The van der Waals surface area contributed by atoms with E-state index in [0.717, 1.165) is 17.4 Å².